The summed E-state index contributed by atoms with van der Waals surface area (Å²) in [6.07, 6.45) is 2.21. The third-order valence-corrected chi connectivity index (χ3v) is 3.92. The van der Waals surface area contributed by atoms with E-state index in [0.717, 1.165) is 22.4 Å². The molecule has 2 aromatic heterocycles. The molecule has 25 heavy (non-hydrogen) atoms. The third kappa shape index (κ3) is 4.07. The summed E-state index contributed by atoms with van der Waals surface area (Å²) < 4.78 is 5.79. The minimum Gasteiger partial charge on any atom is -0.455 e. The topological polar surface area (TPSA) is 67.6 Å². The van der Waals surface area contributed by atoms with Crippen LogP contribution in [-0.2, 0) is 17.9 Å². The van der Waals surface area contributed by atoms with E-state index in [1.165, 1.54) is 6.21 Å². The maximum Gasteiger partial charge on any atom is 0.251 e. The quantitative estimate of drug-likeness (QED) is 0.545. The molecule has 0 aliphatic carbocycles. The smallest absolute Gasteiger partial charge is 0.251 e. The lowest BCUT2D eigenvalue weighted by atomic mass is 10.1. The number of oxime groups is 1. The zero-order valence-corrected chi connectivity index (χ0v) is 14.3. The van der Waals surface area contributed by atoms with Crippen LogP contribution in [0.1, 0.15) is 29.5 Å². The number of furan rings is 1. The molecule has 0 fully saturated rings. The second kappa shape index (κ2) is 7.66. The Morgan fingerprint density at radius 2 is 2.00 bits per heavy atom. The Kier molecular flexibility index (Phi) is 5.14. The summed E-state index contributed by atoms with van der Waals surface area (Å²) in [7, 11) is 0. The normalized spacial score (nSPS) is 11.1. The van der Waals surface area contributed by atoms with Gasteiger partial charge >= 0.3 is 0 Å². The van der Waals surface area contributed by atoms with Gasteiger partial charge in [-0.3, -0.25) is 4.79 Å². The molecular formula is C20H20N2O3. The number of pyridine rings is 1. The summed E-state index contributed by atoms with van der Waals surface area (Å²) in [6, 6.07) is 15.4. The zero-order valence-electron chi connectivity index (χ0n) is 14.3. The first-order chi connectivity index (χ1) is 12.2. The molecule has 1 aromatic carbocycles. The lowest BCUT2D eigenvalue weighted by Gasteiger charge is -2.04. The second-order valence-electron chi connectivity index (χ2n) is 5.71. The van der Waals surface area contributed by atoms with Crippen LogP contribution in [0.4, 0.5) is 0 Å². The Morgan fingerprint density at radius 3 is 2.76 bits per heavy atom. The number of aromatic amines is 1. The van der Waals surface area contributed by atoms with Crippen LogP contribution in [0, 0.1) is 6.92 Å². The molecule has 0 amide bonds. The van der Waals surface area contributed by atoms with Gasteiger partial charge in [0, 0.05) is 16.8 Å². The minimum atomic E-state index is -0.0496. The summed E-state index contributed by atoms with van der Waals surface area (Å²) in [5, 5.41) is 3.94. The highest BCUT2D eigenvalue weighted by atomic mass is 16.6. The molecule has 0 bridgehead atoms. The van der Waals surface area contributed by atoms with Crippen molar-refractivity contribution >= 4 is 6.21 Å². The molecule has 5 heteroatoms. The Balaban J connectivity index is 1.70. The highest BCUT2D eigenvalue weighted by molar-refractivity contribution is 5.77. The number of hydrogen-bond donors (Lipinski definition) is 1. The molecule has 5 nitrogen and oxygen atoms in total. The number of aromatic nitrogens is 1. The van der Waals surface area contributed by atoms with E-state index < -0.39 is 0 Å². The third-order valence-electron chi connectivity index (χ3n) is 3.92. The number of hydrogen-bond acceptors (Lipinski definition) is 4. The molecule has 0 radical (unpaired) electrons. The predicted molar refractivity (Wildman–Crippen MR) is 97.7 cm³/mol. The van der Waals surface area contributed by atoms with Crippen molar-refractivity contribution in [1.29, 1.82) is 0 Å². The molecule has 0 saturated heterocycles. The average molecular weight is 336 g/mol. The second-order valence-corrected chi connectivity index (χ2v) is 5.71. The maximum atomic E-state index is 11.8. The number of nitrogens with one attached hydrogen (secondary N) is 1. The van der Waals surface area contributed by atoms with Crippen molar-refractivity contribution in [3.8, 4) is 11.3 Å². The van der Waals surface area contributed by atoms with E-state index in [-0.39, 0.29) is 5.56 Å². The lowest BCUT2D eigenvalue weighted by molar-refractivity contribution is 0.132. The number of H-pyrrole nitrogens is 1. The van der Waals surface area contributed by atoms with Crippen LogP contribution in [0.3, 0.4) is 0 Å². The van der Waals surface area contributed by atoms with Crippen molar-refractivity contribution in [1.82, 2.24) is 4.98 Å². The summed E-state index contributed by atoms with van der Waals surface area (Å²) in [6.45, 7) is 4.22. The fraction of sp³-hybridized carbons (Fsp3) is 0.200. The van der Waals surface area contributed by atoms with Crippen LogP contribution in [0.25, 0.3) is 11.3 Å². The van der Waals surface area contributed by atoms with Gasteiger partial charge in [-0.05, 0) is 37.1 Å². The first kappa shape index (κ1) is 16.8. The van der Waals surface area contributed by atoms with Gasteiger partial charge in [0.15, 0.2) is 0 Å². The summed E-state index contributed by atoms with van der Waals surface area (Å²) in [4.78, 5) is 20.0. The van der Waals surface area contributed by atoms with Gasteiger partial charge in [0.05, 0.1) is 0 Å². The van der Waals surface area contributed by atoms with E-state index in [9.17, 15) is 4.79 Å². The summed E-state index contributed by atoms with van der Waals surface area (Å²) >= 11 is 0. The van der Waals surface area contributed by atoms with Crippen molar-refractivity contribution in [3.05, 3.63) is 81.5 Å². The van der Waals surface area contributed by atoms with Gasteiger partial charge in [0.25, 0.3) is 5.56 Å². The van der Waals surface area contributed by atoms with E-state index in [0.29, 0.717) is 24.5 Å². The van der Waals surface area contributed by atoms with E-state index in [1.807, 2.05) is 62.4 Å². The van der Waals surface area contributed by atoms with Crippen LogP contribution >= 0.6 is 0 Å². The van der Waals surface area contributed by atoms with E-state index in [4.69, 9.17) is 9.25 Å². The number of nitrogens with zero attached hydrogens (tertiary/aromatic N) is 1. The molecule has 0 aliphatic heterocycles. The zero-order chi connectivity index (χ0) is 17.6. The van der Waals surface area contributed by atoms with Gasteiger partial charge in [-0.1, -0.05) is 42.4 Å². The van der Waals surface area contributed by atoms with E-state index >= 15 is 0 Å². The van der Waals surface area contributed by atoms with Gasteiger partial charge in [0.1, 0.15) is 24.3 Å². The Morgan fingerprint density at radius 1 is 1.20 bits per heavy atom. The van der Waals surface area contributed by atoms with Crippen molar-refractivity contribution in [2.45, 2.75) is 26.9 Å². The van der Waals surface area contributed by atoms with Gasteiger partial charge in [-0.2, -0.15) is 0 Å². The number of benzene rings is 1. The first-order valence-corrected chi connectivity index (χ1v) is 8.19. The molecule has 0 atom stereocenters. The van der Waals surface area contributed by atoms with Crippen LogP contribution in [0.2, 0.25) is 0 Å². The minimum absolute atomic E-state index is 0.0496. The predicted octanol–water partition coefficient (Wildman–Crippen LogP) is 4.06. The van der Waals surface area contributed by atoms with E-state index in [1.54, 1.807) is 0 Å². The molecule has 2 heterocycles. The molecule has 0 aliphatic rings. The average Bonchev–Trinajstić information content (AvgIpc) is 3.08. The van der Waals surface area contributed by atoms with Gasteiger partial charge in [0.2, 0.25) is 0 Å². The number of rotatable bonds is 6. The SMILES string of the molecule is CCc1cc(-c2ccc(/C=N/OCc3ccccc3)o2)c(C)[nH]c1=O. The largest absolute Gasteiger partial charge is 0.455 e. The molecule has 128 valence electrons. The molecule has 3 aromatic rings. The van der Waals surface area contributed by atoms with E-state index in [2.05, 4.69) is 10.1 Å². The van der Waals surface area contributed by atoms with Crippen molar-refractivity contribution in [2.24, 2.45) is 5.16 Å². The first-order valence-electron chi connectivity index (χ1n) is 8.19. The van der Waals surface area contributed by atoms with Crippen molar-refractivity contribution in [2.75, 3.05) is 0 Å². The monoisotopic (exact) mass is 336 g/mol. The van der Waals surface area contributed by atoms with Crippen LogP contribution in [0.5, 0.6) is 0 Å². The fourth-order valence-corrected chi connectivity index (χ4v) is 2.53. The van der Waals surface area contributed by atoms with Crippen LogP contribution < -0.4 is 5.56 Å². The fourth-order valence-electron chi connectivity index (χ4n) is 2.53. The molecule has 0 spiro atoms. The molecule has 1 N–H and O–H groups in total. The molecule has 0 unspecified atom stereocenters. The highest BCUT2D eigenvalue weighted by Crippen LogP contribution is 2.24. The summed E-state index contributed by atoms with van der Waals surface area (Å²) in [5.74, 6) is 1.28. The molecule has 3 rings (SSSR count). The Labute approximate surface area is 146 Å². The lowest BCUT2D eigenvalue weighted by Crippen LogP contribution is -2.13. The Bertz CT molecular complexity index is 924. The molecule has 0 saturated carbocycles. The van der Waals surface area contributed by atoms with Gasteiger partial charge in [-0.15, -0.1) is 0 Å². The maximum absolute atomic E-state index is 11.8. The highest BCUT2D eigenvalue weighted by Gasteiger charge is 2.10. The van der Waals surface area contributed by atoms with Crippen molar-refractivity contribution in [3.63, 3.8) is 0 Å². The van der Waals surface area contributed by atoms with Crippen molar-refractivity contribution < 1.29 is 9.25 Å². The standard InChI is InChI=1S/C20H20N2O3/c1-3-16-11-18(14(2)22-20(16)23)19-10-9-17(25-19)12-21-24-13-15-7-5-4-6-8-15/h4-12H,3,13H2,1-2H3,(H,22,23)/b21-12+. The molecular weight excluding hydrogens is 316 g/mol. The van der Waals surface area contributed by atoms with Crippen LogP contribution in [-0.4, -0.2) is 11.2 Å². The summed E-state index contributed by atoms with van der Waals surface area (Å²) in [5.41, 5.74) is 3.39. The van der Waals surface area contributed by atoms with Gasteiger partial charge < -0.3 is 14.2 Å². The number of aryl methyl sites for hydroxylation is 2. The Hall–Kier alpha value is -3.08. The van der Waals surface area contributed by atoms with Crippen LogP contribution in [0.15, 0.2) is 62.9 Å². The van der Waals surface area contributed by atoms with Gasteiger partial charge in [-0.25, -0.2) is 0 Å².